The van der Waals surface area contributed by atoms with Crippen molar-refractivity contribution in [1.82, 2.24) is 9.78 Å². The van der Waals surface area contributed by atoms with Gasteiger partial charge in [-0.2, -0.15) is 5.10 Å². The molecule has 0 aliphatic heterocycles. The Labute approximate surface area is 76.3 Å². The fraction of sp³-hybridized carbons (Fsp3) is 0.100. The minimum absolute atomic E-state index is 0.0861. The number of hydrogen-bond donors (Lipinski definition) is 1. The molecule has 0 spiro atoms. The predicted molar refractivity (Wildman–Crippen MR) is 49.9 cm³/mol. The molecule has 2 rings (SSSR count). The second-order valence-electron chi connectivity index (χ2n) is 2.72. The third-order valence-electron chi connectivity index (χ3n) is 1.92. The van der Waals surface area contributed by atoms with Crippen molar-refractivity contribution in [1.29, 1.82) is 0 Å². The van der Waals surface area contributed by atoms with Gasteiger partial charge in [-0.1, -0.05) is 30.3 Å². The van der Waals surface area contributed by atoms with Crippen molar-refractivity contribution in [2.75, 3.05) is 0 Å². The molecule has 1 aromatic heterocycles. The van der Waals surface area contributed by atoms with Gasteiger partial charge in [0.25, 0.3) is 0 Å². The lowest BCUT2D eigenvalue weighted by Crippen LogP contribution is -2.00. The maximum absolute atomic E-state index is 8.97. The second kappa shape index (κ2) is 3.41. The Morgan fingerprint density at radius 2 is 1.92 bits per heavy atom. The highest BCUT2D eigenvalue weighted by Crippen LogP contribution is 2.17. The van der Waals surface area contributed by atoms with E-state index in [4.69, 9.17) is 5.11 Å². The molecule has 0 radical (unpaired) electrons. The molecule has 0 saturated carbocycles. The zero-order chi connectivity index (χ0) is 9.10. The molecule has 0 aliphatic carbocycles. The summed E-state index contributed by atoms with van der Waals surface area (Å²) >= 11 is 0. The Bertz CT molecular complexity index is 381. The summed E-state index contributed by atoms with van der Waals surface area (Å²) in [6, 6.07) is 11.7. The molecule has 0 fully saturated rings. The Morgan fingerprint density at radius 3 is 2.62 bits per heavy atom. The average molecular weight is 174 g/mol. The molecule has 0 atom stereocenters. The van der Waals surface area contributed by atoms with Crippen LogP contribution in [0.25, 0.3) is 11.3 Å². The van der Waals surface area contributed by atoms with Gasteiger partial charge in [-0.25, -0.2) is 4.68 Å². The van der Waals surface area contributed by atoms with Gasteiger partial charge in [0, 0.05) is 6.20 Å². The van der Waals surface area contributed by atoms with Crippen LogP contribution in [0.4, 0.5) is 0 Å². The maximum atomic E-state index is 8.97. The minimum Gasteiger partial charge on any atom is -0.374 e. The number of benzene rings is 1. The van der Waals surface area contributed by atoms with Gasteiger partial charge in [0.2, 0.25) is 0 Å². The monoisotopic (exact) mass is 174 g/mol. The summed E-state index contributed by atoms with van der Waals surface area (Å²) in [4.78, 5) is 0. The molecule has 3 heteroatoms. The van der Waals surface area contributed by atoms with Gasteiger partial charge in [0.05, 0.1) is 5.69 Å². The number of hydrogen-bond acceptors (Lipinski definition) is 2. The van der Waals surface area contributed by atoms with E-state index in [-0.39, 0.29) is 6.73 Å². The first kappa shape index (κ1) is 8.01. The standard InChI is InChI=1S/C10H10N2O/c13-8-12-10(6-7-11-12)9-4-2-1-3-5-9/h1-7,13H,8H2. The first-order valence-corrected chi connectivity index (χ1v) is 4.10. The van der Waals surface area contributed by atoms with Crippen LogP contribution in [0.5, 0.6) is 0 Å². The summed E-state index contributed by atoms with van der Waals surface area (Å²) in [5.74, 6) is 0. The molecule has 1 heterocycles. The summed E-state index contributed by atoms with van der Waals surface area (Å²) < 4.78 is 1.55. The van der Waals surface area contributed by atoms with Gasteiger partial charge in [-0.3, -0.25) is 0 Å². The van der Waals surface area contributed by atoms with Gasteiger partial charge in [0.1, 0.15) is 6.73 Å². The minimum atomic E-state index is -0.0861. The SMILES string of the molecule is OCn1nccc1-c1ccccc1. The summed E-state index contributed by atoms with van der Waals surface area (Å²) in [5, 5.41) is 12.9. The molecular weight excluding hydrogens is 164 g/mol. The molecule has 0 unspecified atom stereocenters. The Morgan fingerprint density at radius 1 is 1.15 bits per heavy atom. The molecule has 3 nitrogen and oxygen atoms in total. The molecule has 2 aromatic rings. The third-order valence-corrected chi connectivity index (χ3v) is 1.92. The first-order chi connectivity index (χ1) is 6.42. The van der Waals surface area contributed by atoms with Crippen LogP contribution >= 0.6 is 0 Å². The molecule has 66 valence electrons. The average Bonchev–Trinajstić information content (AvgIpc) is 2.67. The Kier molecular flexibility index (Phi) is 2.10. The van der Waals surface area contributed by atoms with E-state index in [0.717, 1.165) is 11.3 Å². The summed E-state index contributed by atoms with van der Waals surface area (Å²) in [6.07, 6.45) is 1.68. The fourth-order valence-corrected chi connectivity index (χ4v) is 1.30. The van der Waals surface area contributed by atoms with Crippen LogP contribution in [0.1, 0.15) is 0 Å². The van der Waals surface area contributed by atoms with Crippen LogP contribution in [0.3, 0.4) is 0 Å². The van der Waals surface area contributed by atoms with Crippen molar-refractivity contribution in [2.24, 2.45) is 0 Å². The summed E-state index contributed by atoms with van der Waals surface area (Å²) in [5.41, 5.74) is 2.00. The van der Waals surface area contributed by atoms with E-state index in [0.29, 0.717) is 0 Å². The van der Waals surface area contributed by atoms with Crippen molar-refractivity contribution in [2.45, 2.75) is 6.73 Å². The highest BCUT2D eigenvalue weighted by Gasteiger charge is 2.02. The smallest absolute Gasteiger partial charge is 0.136 e. The molecule has 13 heavy (non-hydrogen) atoms. The Hall–Kier alpha value is -1.61. The molecule has 1 aromatic carbocycles. The van der Waals surface area contributed by atoms with E-state index in [1.165, 1.54) is 0 Å². The van der Waals surface area contributed by atoms with E-state index in [9.17, 15) is 0 Å². The van der Waals surface area contributed by atoms with Crippen LogP contribution in [-0.2, 0) is 6.73 Å². The maximum Gasteiger partial charge on any atom is 0.136 e. The highest BCUT2D eigenvalue weighted by molar-refractivity contribution is 5.58. The van der Waals surface area contributed by atoms with E-state index in [1.807, 2.05) is 36.4 Å². The highest BCUT2D eigenvalue weighted by atomic mass is 16.3. The molecule has 0 amide bonds. The normalized spacial score (nSPS) is 10.2. The van der Waals surface area contributed by atoms with Crippen LogP contribution in [0, 0.1) is 0 Å². The first-order valence-electron chi connectivity index (χ1n) is 4.10. The summed E-state index contributed by atoms with van der Waals surface area (Å²) in [6.45, 7) is -0.0861. The lowest BCUT2D eigenvalue weighted by molar-refractivity contribution is 0.197. The summed E-state index contributed by atoms with van der Waals surface area (Å²) in [7, 11) is 0. The lowest BCUT2D eigenvalue weighted by atomic mass is 10.1. The molecular formula is C10H10N2O. The fourth-order valence-electron chi connectivity index (χ4n) is 1.30. The van der Waals surface area contributed by atoms with Gasteiger partial charge < -0.3 is 5.11 Å². The molecule has 0 saturated heterocycles. The van der Waals surface area contributed by atoms with Crippen molar-refractivity contribution >= 4 is 0 Å². The van der Waals surface area contributed by atoms with Crippen molar-refractivity contribution < 1.29 is 5.11 Å². The van der Waals surface area contributed by atoms with E-state index < -0.39 is 0 Å². The van der Waals surface area contributed by atoms with E-state index >= 15 is 0 Å². The number of aliphatic hydroxyl groups excluding tert-OH is 1. The van der Waals surface area contributed by atoms with Crippen LogP contribution in [0.15, 0.2) is 42.6 Å². The Balaban J connectivity index is 2.47. The van der Waals surface area contributed by atoms with Gasteiger partial charge in [-0.05, 0) is 11.6 Å². The van der Waals surface area contributed by atoms with Crippen molar-refractivity contribution in [3.05, 3.63) is 42.6 Å². The number of aromatic nitrogens is 2. The number of rotatable bonds is 2. The van der Waals surface area contributed by atoms with Crippen molar-refractivity contribution in [3.63, 3.8) is 0 Å². The van der Waals surface area contributed by atoms with Gasteiger partial charge in [0.15, 0.2) is 0 Å². The molecule has 0 aliphatic rings. The predicted octanol–water partition coefficient (Wildman–Crippen LogP) is 1.50. The third kappa shape index (κ3) is 1.46. The second-order valence-corrected chi connectivity index (χ2v) is 2.72. The van der Waals surface area contributed by atoms with Crippen LogP contribution in [0.2, 0.25) is 0 Å². The van der Waals surface area contributed by atoms with E-state index in [1.54, 1.807) is 10.9 Å². The topological polar surface area (TPSA) is 38.0 Å². The van der Waals surface area contributed by atoms with Gasteiger partial charge in [-0.15, -0.1) is 0 Å². The quantitative estimate of drug-likeness (QED) is 0.749. The van der Waals surface area contributed by atoms with Gasteiger partial charge >= 0.3 is 0 Å². The number of aliphatic hydroxyl groups is 1. The van der Waals surface area contributed by atoms with E-state index in [2.05, 4.69) is 5.10 Å². The van der Waals surface area contributed by atoms with Crippen LogP contribution < -0.4 is 0 Å². The zero-order valence-electron chi connectivity index (χ0n) is 7.09. The van der Waals surface area contributed by atoms with Crippen molar-refractivity contribution in [3.8, 4) is 11.3 Å². The molecule has 0 bridgehead atoms. The molecule has 1 N–H and O–H groups in total. The zero-order valence-corrected chi connectivity index (χ0v) is 7.09. The number of nitrogens with zero attached hydrogens (tertiary/aromatic N) is 2. The van der Waals surface area contributed by atoms with Crippen LogP contribution in [-0.4, -0.2) is 14.9 Å². The largest absolute Gasteiger partial charge is 0.374 e. The lowest BCUT2D eigenvalue weighted by Gasteiger charge is -2.02.